The van der Waals surface area contributed by atoms with Gasteiger partial charge in [-0.2, -0.15) is 5.26 Å². The number of carbonyl (C=O) groups is 2. The van der Waals surface area contributed by atoms with Crippen LogP contribution in [0.15, 0.2) is 78.9 Å². The van der Waals surface area contributed by atoms with Crippen molar-refractivity contribution >= 4 is 17.6 Å². The molecule has 0 bridgehead atoms. The van der Waals surface area contributed by atoms with E-state index in [9.17, 15) is 9.59 Å². The molecule has 30 heavy (non-hydrogen) atoms. The lowest BCUT2D eigenvalue weighted by Crippen LogP contribution is -2.21. The minimum absolute atomic E-state index is 0.146. The fraction of sp³-hybridized carbons (Fsp3) is 0.125. The summed E-state index contributed by atoms with van der Waals surface area (Å²) in [6, 6.07) is 25.3. The number of rotatable bonds is 8. The summed E-state index contributed by atoms with van der Waals surface area (Å²) in [5.41, 5.74) is 1.97. The molecule has 0 saturated carbocycles. The Bertz CT molecular complexity index is 1040. The number of benzene rings is 3. The molecule has 3 aromatic carbocycles. The summed E-state index contributed by atoms with van der Waals surface area (Å²) >= 11 is 0. The highest BCUT2D eigenvalue weighted by molar-refractivity contribution is 5.94. The molecule has 0 aliphatic heterocycles. The lowest BCUT2D eigenvalue weighted by Gasteiger charge is -2.12. The number of para-hydroxylation sites is 3. The normalized spacial score (nSPS) is 9.97. The van der Waals surface area contributed by atoms with E-state index in [-0.39, 0.29) is 13.0 Å². The predicted molar refractivity (Wildman–Crippen MR) is 112 cm³/mol. The van der Waals surface area contributed by atoms with Crippen molar-refractivity contribution in [1.29, 1.82) is 5.26 Å². The fourth-order valence-corrected chi connectivity index (χ4v) is 2.67. The molecular weight excluding hydrogens is 380 g/mol. The van der Waals surface area contributed by atoms with E-state index in [1.807, 2.05) is 36.4 Å². The van der Waals surface area contributed by atoms with Gasteiger partial charge in [-0.1, -0.05) is 42.5 Å². The predicted octanol–water partition coefficient (Wildman–Crippen LogP) is 4.47. The van der Waals surface area contributed by atoms with Crippen molar-refractivity contribution in [2.75, 3.05) is 11.9 Å². The van der Waals surface area contributed by atoms with Gasteiger partial charge in [-0.3, -0.25) is 9.59 Å². The molecule has 0 unspecified atom stereocenters. The molecule has 0 saturated heterocycles. The highest BCUT2D eigenvalue weighted by Gasteiger charge is 2.11. The fourth-order valence-electron chi connectivity index (χ4n) is 2.67. The first kappa shape index (κ1) is 20.6. The van der Waals surface area contributed by atoms with Crippen LogP contribution in [0.25, 0.3) is 0 Å². The molecule has 1 amide bonds. The molecule has 6 heteroatoms. The van der Waals surface area contributed by atoms with Crippen molar-refractivity contribution in [2.45, 2.75) is 12.8 Å². The van der Waals surface area contributed by atoms with E-state index in [1.54, 1.807) is 48.5 Å². The number of nitriles is 1. The maximum atomic E-state index is 12.2. The van der Waals surface area contributed by atoms with Crippen molar-refractivity contribution in [3.8, 4) is 17.6 Å². The Morgan fingerprint density at radius 2 is 1.60 bits per heavy atom. The summed E-state index contributed by atoms with van der Waals surface area (Å²) in [7, 11) is 0. The number of amides is 1. The third-order valence-electron chi connectivity index (χ3n) is 4.20. The van der Waals surface area contributed by atoms with Crippen molar-refractivity contribution in [1.82, 2.24) is 0 Å². The zero-order valence-corrected chi connectivity index (χ0v) is 16.2. The van der Waals surface area contributed by atoms with E-state index in [0.29, 0.717) is 29.2 Å². The summed E-state index contributed by atoms with van der Waals surface area (Å²) in [5, 5.41) is 11.5. The minimum atomic E-state index is -0.469. The van der Waals surface area contributed by atoms with Gasteiger partial charge in [0.25, 0.3) is 5.91 Å². The Morgan fingerprint density at radius 1 is 0.900 bits per heavy atom. The van der Waals surface area contributed by atoms with Crippen LogP contribution >= 0.6 is 0 Å². The van der Waals surface area contributed by atoms with Crippen molar-refractivity contribution in [2.24, 2.45) is 0 Å². The molecule has 0 aliphatic rings. The number of aryl methyl sites for hydroxylation is 1. The molecule has 0 spiro atoms. The van der Waals surface area contributed by atoms with Gasteiger partial charge < -0.3 is 14.8 Å². The second-order valence-corrected chi connectivity index (χ2v) is 6.43. The van der Waals surface area contributed by atoms with E-state index in [1.165, 1.54) is 0 Å². The Labute approximate surface area is 174 Å². The van der Waals surface area contributed by atoms with Gasteiger partial charge >= 0.3 is 5.97 Å². The van der Waals surface area contributed by atoms with Gasteiger partial charge in [0.1, 0.15) is 5.75 Å². The molecule has 0 aliphatic carbocycles. The maximum Gasteiger partial charge on any atom is 0.306 e. The van der Waals surface area contributed by atoms with Crippen LogP contribution in [0.1, 0.15) is 17.5 Å². The number of esters is 1. The SMILES string of the molecule is N#Cc1ccc(CCC(=O)OCC(=O)Nc2ccccc2Oc2ccccc2)cc1. The summed E-state index contributed by atoms with van der Waals surface area (Å²) in [5.74, 6) is 0.215. The molecule has 3 aromatic rings. The Kier molecular flexibility index (Phi) is 7.17. The van der Waals surface area contributed by atoms with Crippen molar-refractivity contribution < 1.29 is 19.1 Å². The molecule has 1 N–H and O–H groups in total. The quantitative estimate of drug-likeness (QED) is 0.564. The smallest absolute Gasteiger partial charge is 0.306 e. The van der Waals surface area contributed by atoms with Crippen molar-refractivity contribution in [3.63, 3.8) is 0 Å². The first-order chi connectivity index (χ1) is 14.6. The molecule has 3 rings (SSSR count). The third-order valence-corrected chi connectivity index (χ3v) is 4.20. The van der Waals surface area contributed by atoms with Crippen LogP contribution < -0.4 is 10.1 Å². The molecule has 0 aromatic heterocycles. The third kappa shape index (κ3) is 6.21. The highest BCUT2D eigenvalue weighted by Crippen LogP contribution is 2.28. The zero-order valence-electron chi connectivity index (χ0n) is 16.2. The Hall–Kier alpha value is -4.11. The summed E-state index contributed by atoms with van der Waals surface area (Å²) in [4.78, 5) is 24.1. The van der Waals surface area contributed by atoms with Gasteiger partial charge in [-0.25, -0.2) is 0 Å². The van der Waals surface area contributed by atoms with Crippen LogP contribution in [-0.4, -0.2) is 18.5 Å². The number of hydrogen-bond donors (Lipinski definition) is 1. The van der Waals surface area contributed by atoms with Crippen LogP contribution in [0.5, 0.6) is 11.5 Å². The molecule has 0 fully saturated rings. The summed E-state index contributed by atoms with van der Waals surface area (Å²) in [6.45, 7) is -0.383. The first-order valence-corrected chi connectivity index (χ1v) is 9.40. The van der Waals surface area contributed by atoms with E-state index in [0.717, 1.165) is 5.56 Å². The van der Waals surface area contributed by atoms with Crippen LogP contribution in [0.3, 0.4) is 0 Å². The number of carbonyl (C=O) groups excluding carboxylic acids is 2. The average molecular weight is 400 g/mol. The van der Waals surface area contributed by atoms with Gasteiger partial charge in [-0.05, 0) is 48.4 Å². The van der Waals surface area contributed by atoms with Gasteiger partial charge in [0.2, 0.25) is 0 Å². The average Bonchev–Trinajstić information content (AvgIpc) is 2.78. The Morgan fingerprint density at radius 3 is 2.33 bits per heavy atom. The lowest BCUT2D eigenvalue weighted by atomic mass is 10.1. The zero-order chi connectivity index (χ0) is 21.2. The van der Waals surface area contributed by atoms with E-state index in [4.69, 9.17) is 14.7 Å². The molecule has 6 nitrogen and oxygen atoms in total. The van der Waals surface area contributed by atoms with Gasteiger partial charge in [-0.15, -0.1) is 0 Å². The lowest BCUT2D eigenvalue weighted by molar-refractivity contribution is -0.147. The van der Waals surface area contributed by atoms with Gasteiger partial charge in [0.05, 0.1) is 17.3 Å². The maximum absolute atomic E-state index is 12.2. The van der Waals surface area contributed by atoms with Crippen LogP contribution in [0.4, 0.5) is 5.69 Å². The van der Waals surface area contributed by atoms with Crippen LogP contribution in [0.2, 0.25) is 0 Å². The molecule has 0 radical (unpaired) electrons. The van der Waals surface area contributed by atoms with E-state index < -0.39 is 11.9 Å². The number of nitrogens with one attached hydrogen (secondary N) is 1. The largest absolute Gasteiger partial charge is 0.456 e. The van der Waals surface area contributed by atoms with Gasteiger partial charge in [0.15, 0.2) is 12.4 Å². The molecule has 150 valence electrons. The number of nitrogens with zero attached hydrogens (tertiary/aromatic N) is 1. The minimum Gasteiger partial charge on any atom is -0.456 e. The van der Waals surface area contributed by atoms with E-state index in [2.05, 4.69) is 5.32 Å². The molecule has 0 heterocycles. The monoisotopic (exact) mass is 400 g/mol. The van der Waals surface area contributed by atoms with Gasteiger partial charge in [0, 0.05) is 6.42 Å². The van der Waals surface area contributed by atoms with Crippen LogP contribution in [-0.2, 0) is 20.7 Å². The number of anilines is 1. The molecule has 0 atom stereocenters. The first-order valence-electron chi connectivity index (χ1n) is 9.40. The summed E-state index contributed by atoms with van der Waals surface area (Å²) < 4.78 is 10.9. The number of ether oxygens (including phenoxy) is 2. The highest BCUT2D eigenvalue weighted by atomic mass is 16.5. The second-order valence-electron chi connectivity index (χ2n) is 6.43. The standard InChI is InChI=1S/C24H20N2O4/c25-16-19-12-10-18(11-13-19)14-15-24(28)29-17-23(27)26-21-8-4-5-9-22(21)30-20-6-2-1-3-7-20/h1-13H,14-15,17H2,(H,26,27). The second kappa shape index (κ2) is 10.4. The van der Waals surface area contributed by atoms with Crippen LogP contribution in [0, 0.1) is 11.3 Å². The topological polar surface area (TPSA) is 88.4 Å². The Balaban J connectivity index is 1.47. The molecular formula is C24H20N2O4. The summed E-state index contributed by atoms with van der Waals surface area (Å²) in [6.07, 6.45) is 0.618. The number of hydrogen-bond acceptors (Lipinski definition) is 5. The van der Waals surface area contributed by atoms with E-state index >= 15 is 0 Å². The van der Waals surface area contributed by atoms with Crippen molar-refractivity contribution in [3.05, 3.63) is 90.0 Å².